The van der Waals surface area contributed by atoms with Crippen LogP contribution in [0.15, 0.2) is 45.7 Å². The van der Waals surface area contributed by atoms with Gasteiger partial charge in [0.1, 0.15) is 11.3 Å². The van der Waals surface area contributed by atoms with Crippen LogP contribution in [-0.2, 0) is 4.79 Å². The fourth-order valence-electron chi connectivity index (χ4n) is 3.88. The monoisotopic (exact) mass is 494 g/mol. The number of fused-ring (bicyclic) bond motifs is 1. The van der Waals surface area contributed by atoms with Gasteiger partial charge in [-0.3, -0.25) is 4.79 Å². The Kier molecular flexibility index (Phi) is 7.85. The van der Waals surface area contributed by atoms with E-state index in [4.69, 9.17) is 9.15 Å². The van der Waals surface area contributed by atoms with E-state index < -0.39 is 11.6 Å². The van der Waals surface area contributed by atoms with Crippen molar-refractivity contribution in [2.45, 2.75) is 70.8 Å². The minimum absolute atomic E-state index is 0.0967. The molecule has 6 heteroatoms. The Hall–Kier alpha value is -2.99. The highest BCUT2D eigenvalue weighted by Gasteiger charge is 2.32. The van der Waals surface area contributed by atoms with Gasteiger partial charge >= 0.3 is 5.97 Å². The van der Waals surface area contributed by atoms with Gasteiger partial charge in [0.2, 0.25) is 5.78 Å². The maximum atomic E-state index is 13.1. The van der Waals surface area contributed by atoms with Crippen molar-refractivity contribution < 1.29 is 23.8 Å². The third-order valence-corrected chi connectivity index (χ3v) is 6.81. The SMILES string of the molecule is CSc1ccc2c(C)c(C(=O)C=Cc3cc(C(C)C)c(OC(C)(C)C(=O)O)c(C(C)C)c3)oc2c1. The zero-order valence-electron chi connectivity index (χ0n) is 21.7. The van der Waals surface area contributed by atoms with E-state index >= 15 is 0 Å². The maximum Gasteiger partial charge on any atom is 0.347 e. The molecule has 0 atom stereocenters. The van der Waals surface area contributed by atoms with Gasteiger partial charge in [0.15, 0.2) is 11.4 Å². The molecule has 0 aliphatic carbocycles. The van der Waals surface area contributed by atoms with E-state index in [1.165, 1.54) is 6.08 Å². The lowest BCUT2D eigenvalue weighted by Crippen LogP contribution is -2.38. The third-order valence-electron chi connectivity index (χ3n) is 6.08. The fourth-order valence-corrected chi connectivity index (χ4v) is 4.31. The molecule has 1 N–H and O–H groups in total. The second-order valence-corrected chi connectivity index (χ2v) is 10.8. The number of carbonyl (C=O) groups is 2. The van der Waals surface area contributed by atoms with E-state index in [-0.39, 0.29) is 17.6 Å². The normalized spacial score (nSPS) is 12.3. The van der Waals surface area contributed by atoms with Crippen molar-refractivity contribution in [3.8, 4) is 5.75 Å². The van der Waals surface area contributed by atoms with Gasteiger partial charge in [-0.2, -0.15) is 0 Å². The van der Waals surface area contributed by atoms with Crippen LogP contribution in [0.5, 0.6) is 5.75 Å². The van der Waals surface area contributed by atoms with Crippen molar-refractivity contribution in [1.29, 1.82) is 0 Å². The standard InChI is InChI=1S/C29H34O5S/c1-16(2)22-13-19(14-23(17(3)4)27(22)34-29(6,7)28(31)32)9-12-24(30)26-18(5)21-11-10-20(35-8)15-25(21)33-26/h9-17H,1-8H3,(H,31,32). The third kappa shape index (κ3) is 5.64. The number of carbonyl (C=O) groups excluding carboxylic acids is 1. The molecule has 0 unspecified atom stereocenters. The first-order chi connectivity index (χ1) is 16.4. The number of furan rings is 1. The predicted octanol–water partition coefficient (Wildman–Crippen LogP) is 7.85. The summed E-state index contributed by atoms with van der Waals surface area (Å²) in [4.78, 5) is 25.8. The van der Waals surface area contributed by atoms with E-state index in [1.54, 1.807) is 31.7 Å². The van der Waals surface area contributed by atoms with Gasteiger partial charge in [0, 0.05) is 15.8 Å². The van der Waals surface area contributed by atoms with Gasteiger partial charge in [-0.25, -0.2) is 4.79 Å². The molecule has 3 aromatic rings. The van der Waals surface area contributed by atoms with E-state index in [0.717, 1.165) is 32.5 Å². The van der Waals surface area contributed by atoms with Crippen molar-refractivity contribution in [2.75, 3.05) is 6.26 Å². The van der Waals surface area contributed by atoms with Crippen molar-refractivity contribution in [2.24, 2.45) is 0 Å². The molecule has 0 aliphatic rings. The Morgan fingerprint density at radius 3 is 2.17 bits per heavy atom. The van der Waals surface area contributed by atoms with Gasteiger partial charge < -0.3 is 14.3 Å². The van der Waals surface area contributed by atoms with Crippen LogP contribution in [-0.4, -0.2) is 28.7 Å². The summed E-state index contributed by atoms with van der Waals surface area (Å²) in [7, 11) is 0. The molecule has 35 heavy (non-hydrogen) atoms. The number of allylic oxidation sites excluding steroid dienone is 1. The number of hydrogen-bond donors (Lipinski definition) is 1. The van der Waals surface area contributed by atoms with E-state index in [2.05, 4.69) is 0 Å². The van der Waals surface area contributed by atoms with Crippen LogP contribution in [0.3, 0.4) is 0 Å². The minimum atomic E-state index is -1.37. The quantitative estimate of drug-likeness (QED) is 0.185. The van der Waals surface area contributed by atoms with Crippen LogP contribution in [0.1, 0.15) is 86.2 Å². The molecule has 186 valence electrons. The average Bonchev–Trinajstić information content (AvgIpc) is 3.12. The molecule has 0 amide bonds. The van der Waals surface area contributed by atoms with Crippen molar-refractivity contribution >= 4 is 40.6 Å². The zero-order chi connectivity index (χ0) is 26.1. The Morgan fingerprint density at radius 2 is 1.66 bits per heavy atom. The summed E-state index contributed by atoms with van der Waals surface area (Å²) in [5.41, 5.74) is 2.83. The van der Waals surface area contributed by atoms with E-state index in [1.807, 2.05) is 71.2 Å². The summed E-state index contributed by atoms with van der Waals surface area (Å²) in [5, 5.41) is 10.5. The van der Waals surface area contributed by atoms with Gasteiger partial charge in [-0.1, -0.05) is 33.8 Å². The Balaban J connectivity index is 2.01. The first kappa shape index (κ1) is 26.6. The number of thioether (sulfide) groups is 1. The molecule has 0 radical (unpaired) electrons. The first-order valence-corrected chi connectivity index (χ1v) is 13.0. The van der Waals surface area contributed by atoms with Crippen molar-refractivity contribution in [3.63, 3.8) is 0 Å². The van der Waals surface area contributed by atoms with Crippen LogP contribution >= 0.6 is 11.8 Å². The smallest absolute Gasteiger partial charge is 0.347 e. The second-order valence-electron chi connectivity index (χ2n) is 9.87. The van der Waals surface area contributed by atoms with E-state index in [9.17, 15) is 14.7 Å². The number of hydrogen-bond acceptors (Lipinski definition) is 5. The van der Waals surface area contributed by atoms with Gasteiger partial charge in [-0.15, -0.1) is 11.8 Å². The lowest BCUT2D eigenvalue weighted by molar-refractivity contribution is -0.152. The summed E-state index contributed by atoms with van der Waals surface area (Å²) in [6.07, 6.45) is 5.32. The summed E-state index contributed by atoms with van der Waals surface area (Å²) < 4.78 is 12.0. The Bertz CT molecular complexity index is 1260. The molecule has 0 spiro atoms. The molecule has 0 saturated carbocycles. The van der Waals surface area contributed by atoms with Gasteiger partial charge in [-0.05, 0) is 92.0 Å². The molecule has 3 rings (SSSR count). The number of carboxylic acids is 1. The molecule has 0 fully saturated rings. The summed E-state index contributed by atoms with van der Waals surface area (Å²) in [5.74, 6) is -0.0931. The topological polar surface area (TPSA) is 76.7 Å². The molecule has 1 heterocycles. The average molecular weight is 495 g/mol. The number of benzene rings is 2. The first-order valence-electron chi connectivity index (χ1n) is 11.8. The van der Waals surface area contributed by atoms with Crippen LogP contribution in [0, 0.1) is 6.92 Å². The Morgan fingerprint density at radius 1 is 1.06 bits per heavy atom. The van der Waals surface area contributed by atoms with Crippen molar-refractivity contribution in [1.82, 2.24) is 0 Å². The Labute approximate surface area is 211 Å². The summed E-state index contributed by atoms with van der Waals surface area (Å²) in [6, 6.07) is 9.89. The molecule has 0 saturated heterocycles. The second kappa shape index (κ2) is 10.3. The van der Waals surface area contributed by atoms with Crippen molar-refractivity contribution in [3.05, 3.63) is 64.4 Å². The number of aryl methyl sites for hydroxylation is 1. The molecule has 5 nitrogen and oxygen atoms in total. The highest BCUT2D eigenvalue weighted by Crippen LogP contribution is 2.38. The lowest BCUT2D eigenvalue weighted by atomic mass is 9.90. The largest absolute Gasteiger partial charge is 0.478 e. The number of aliphatic carboxylic acids is 1. The molecular weight excluding hydrogens is 460 g/mol. The predicted molar refractivity (Wildman–Crippen MR) is 143 cm³/mol. The van der Waals surface area contributed by atoms with Crippen LogP contribution < -0.4 is 4.74 Å². The lowest BCUT2D eigenvalue weighted by Gasteiger charge is -2.28. The molecule has 0 bridgehead atoms. The number of rotatable bonds is 9. The highest BCUT2D eigenvalue weighted by atomic mass is 32.2. The number of carboxylic acid groups (broad SMARTS) is 1. The van der Waals surface area contributed by atoms with E-state index in [0.29, 0.717) is 17.1 Å². The number of ether oxygens (including phenoxy) is 1. The summed E-state index contributed by atoms with van der Waals surface area (Å²) in [6.45, 7) is 13.2. The molecular formula is C29H34O5S. The van der Waals surface area contributed by atoms with Crippen LogP contribution in [0.2, 0.25) is 0 Å². The maximum absolute atomic E-state index is 13.1. The van der Waals surface area contributed by atoms with Gasteiger partial charge in [0.05, 0.1) is 0 Å². The molecule has 0 aliphatic heterocycles. The van der Waals surface area contributed by atoms with Crippen LogP contribution in [0.4, 0.5) is 0 Å². The highest BCUT2D eigenvalue weighted by molar-refractivity contribution is 7.98. The number of ketones is 1. The van der Waals surface area contributed by atoms with Crippen LogP contribution in [0.25, 0.3) is 17.0 Å². The zero-order valence-corrected chi connectivity index (χ0v) is 22.5. The summed E-state index contributed by atoms with van der Waals surface area (Å²) >= 11 is 1.63. The molecule has 1 aromatic heterocycles. The minimum Gasteiger partial charge on any atom is -0.478 e. The fraction of sp³-hybridized carbons (Fsp3) is 0.379. The molecule has 2 aromatic carbocycles. The van der Waals surface area contributed by atoms with Gasteiger partial charge in [0.25, 0.3) is 0 Å².